The van der Waals surface area contributed by atoms with Gasteiger partial charge in [0, 0.05) is 48.4 Å². The molecule has 0 aromatic heterocycles. The summed E-state index contributed by atoms with van der Waals surface area (Å²) in [6.07, 6.45) is 1.45. The van der Waals surface area contributed by atoms with E-state index in [-0.39, 0.29) is 23.2 Å². The average molecular weight is 607 g/mol. The molecule has 2 aliphatic heterocycles. The molecule has 11 heteroatoms. The normalized spacial score (nSPS) is 25.0. The van der Waals surface area contributed by atoms with Crippen LogP contribution >= 0.6 is 11.6 Å². The molecule has 1 saturated heterocycles. The Bertz CT molecular complexity index is 1350. The maximum absolute atomic E-state index is 13.9. The van der Waals surface area contributed by atoms with E-state index in [0.717, 1.165) is 50.5 Å². The van der Waals surface area contributed by atoms with Crippen molar-refractivity contribution in [2.24, 2.45) is 0 Å². The molecule has 0 radical (unpaired) electrons. The number of hydrogen-bond donors (Lipinski definition) is 1. The topological polar surface area (TPSA) is 57.3 Å². The second-order valence-corrected chi connectivity index (χ2v) is 12.0. The number of urea groups is 1. The van der Waals surface area contributed by atoms with Crippen LogP contribution in [0.25, 0.3) is 0 Å². The number of ether oxygens (including phenoxy) is 2. The number of benzene rings is 2. The molecule has 2 heterocycles. The second kappa shape index (κ2) is 12.0. The van der Waals surface area contributed by atoms with Gasteiger partial charge in [-0.25, -0.2) is 4.79 Å². The third kappa shape index (κ3) is 5.81. The van der Waals surface area contributed by atoms with Crippen molar-refractivity contribution >= 4 is 23.3 Å². The Morgan fingerprint density at radius 1 is 1.07 bits per heavy atom. The summed E-state index contributed by atoms with van der Waals surface area (Å²) in [5.74, 6) is 1.38. The molecule has 7 nitrogen and oxygen atoms in total. The highest BCUT2D eigenvalue weighted by Gasteiger charge is 2.52. The van der Waals surface area contributed by atoms with Crippen molar-refractivity contribution in [3.63, 3.8) is 0 Å². The smallest absolute Gasteiger partial charge is 0.417 e. The summed E-state index contributed by atoms with van der Waals surface area (Å²) in [6.45, 7) is 2.42. The zero-order valence-corrected chi connectivity index (χ0v) is 25.2. The summed E-state index contributed by atoms with van der Waals surface area (Å²) in [5.41, 5.74) is 1.08. The molecule has 1 saturated carbocycles. The van der Waals surface area contributed by atoms with Crippen LogP contribution in [0.5, 0.6) is 11.5 Å². The number of nitrogens with zero attached hydrogens (tertiary/aromatic N) is 3. The zero-order chi connectivity index (χ0) is 30.2. The van der Waals surface area contributed by atoms with Crippen LogP contribution in [0.3, 0.4) is 0 Å². The van der Waals surface area contributed by atoms with E-state index in [0.29, 0.717) is 24.5 Å². The lowest BCUT2D eigenvalue weighted by molar-refractivity contribution is -0.137. The first-order chi connectivity index (χ1) is 20.0. The molecule has 3 atom stereocenters. The first kappa shape index (κ1) is 30.5. The van der Waals surface area contributed by atoms with E-state index in [1.807, 2.05) is 13.1 Å². The van der Waals surface area contributed by atoms with Crippen molar-refractivity contribution in [2.75, 3.05) is 53.3 Å². The van der Waals surface area contributed by atoms with Crippen LogP contribution in [0.15, 0.2) is 48.2 Å². The molecular formula is C31H38ClF3N4O3. The zero-order valence-electron chi connectivity index (χ0n) is 24.4. The minimum Gasteiger partial charge on any atom is -0.493 e. The lowest BCUT2D eigenvalue weighted by atomic mass is 9.64. The molecular weight excluding hydrogens is 569 g/mol. The summed E-state index contributed by atoms with van der Waals surface area (Å²) in [7, 11) is 7.41. The molecule has 42 heavy (non-hydrogen) atoms. The first-order valence-electron chi connectivity index (χ1n) is 14.2. The minimum absolute atomic E-state index is 0.0590. The Morgan fingerprint density at radius 3 is 2.50 bits per heavy atom. The maximum atomic E-state index is 13.9. The van der Waals surface area contributed by atoms with Gasteiger partial charge in [0.1, 0.15) is 0 Å². The predicted molar refractivity (Wildman–Crippen MR) is 157 cm³/mol. The van der Waals surface area contributed by atoms with Gasteiger partial charge in [0.25, 0.3) is 0 Å². The van der Waals surface area contributed by atoms with Gasteiger partial charge < -0.3 is 24.6 Å². The largest absolute Gasteiger partial charge is 0.493 e. The lowest BCUT2D eigenvalue weighted by Gasteiger charge is -2.48. The summed E-state index contributed by atoms with van der Waals surface area (Å²) in [5, 5.41) is 2.35. The van der Waals surface area contributed by atoms with Crippen molar-refractivity contribution in [2.45, 2.75) is 55.8 Å². The van der Waals surface area contributed by atoms with E-state index in [4.69, 9.17) is 21.1 Å². The second-order valence-electron chi connectivity index (χ2n) is 11.6. The number of alkyl halides is 3. The molecule has 228 valence electrons. The Kier molecular flexibility index (Phi) is 8.70. The number of nitrogens with one attached hydrogen (secondary N) is 1. The Balaban J connectivity index is 1.45. The van der Waals surface area contributed by atoms with Gasteiger partial charge >= 0.3 is 12.2 Å². The summed E-state index contributed by atoms with van der Waals surface area (Å²) in [4.78, 5) is 20.3. The monoisotopic (exact) mass is 606 g/mol. The fraction of sp³-hybridized carbons (Fsp3) is 0.516. The van der Waals surface area contributed by atoms with Crippen LogP contribution in [0, 0.1) is 0 Å². The predicted octanol–water partition coefficient (Wildman–Crippen LogP) is 6.62. The Hall–Kier alpha value is -2.95. The van der Waals surface area contributed by atoms with Crippen molar-refractivity contribution in [1.82, 2.24) is 14.7 Å². The number of hydrogen-bond acceptors (Lipinski definition) is 5. The van der Waals surface area contributed by atoms with E-state index in [1.165, 1.54) is 17.7 Å². The van der Waals surface area contributed by atoms with Crippen LogP contribution in [0.4, 0.5) is 23.7 Å². The fourth-order valence-corrected chi connectivity index (χ4v) is 7.22. The van der Waals surface area contributed by atoms with Crippen LogP contribution in [-0.4, -0.2) is 80.8 Å². The molecule has 0 spiro atoms. The standard InChI is InChI=1S/C31H38ClF3N4O3/c1-37-14-10-22(11-15-37)39(29(40)36-21-6-7-25(32)24(18-21)31(33,34)35)23-9-12-30(13-16-38(2)28(30)19-23)20-5-8-26(41-3)27(17-20)42-4/h5-8,10,17-18,23,28H,9,11-16,19H2,1-4H3,(H,36,40)/t23-,28+,30+/m1/s1. The van der Waals surface area contributed by atoms with Crippen molar-refractivity contribution < 1.29 is 27.4 Å². The van der Waals surface area contributed by atoms with Gasteiger partial charge in [-0.2, -0.15) is 13.2 Å². The quantitative estimate of drug-likeness (QED) is 0.400. The van der Waals surface area contributed by atoms with E-state index in [1.54, 1.807) is 19.1 Å². The number of fused-ring (bicyclic) bond motifs is 1. The van der Waals surface area contributed by atoms with Crippen molar-refractivity contribution in [3.8, 4) is 11.5 Å². The van der Waals surface area contributed by atoms with E-state index < -0.39 is 22.8 Å². The third-order valence-electron chi connectivity index (χ3n) is 9.26. The highest BCUT2D eigenvalue weighted by atomic mass is 35.5. The van der Waals surface area contributed by atoms with E-state index in [9.17, 15) is 18.0 Å². The highest BCUT2D eigenvalue weighted by Crippen LogP contribution is 2.51. The molecule has 2 fully saturated rings. The fourth-order valence-electron chi connectivity index (χ4n) is 6.99. The van der Waals surface area contributed by atoms with Gasteiger partial charge in [0.15, 0.2) is 11.5 Å². The number of rotatable bonds is 6. The van der Waals surface area contributed by atoms with Gasteiger partial charge in [0.05, 0.1) is 24.8 Å². The lowest BCUT2D eigenvalue weighted by Crippen LogP contribution is -2.54. The molecule has 1 N–H and O–H groups in total. The van der Waals surface area contributed by atoms with Crippen LogP contribution in [0.1, 0.15) is 43.2 Å². The first-order valence-corrected chi connectivity index (χ1v) is 14.6. The Labute approximate surface area is 250 Å². The molecule has 5 rings (SSSR count). The molecule has 0 unspecified atom stereocenters. The summed E-state index contributed by atoms with van der Waals surface area (Å²) >= 11 is 5.83. The molecule has 3 aliphatic rings. The molecule has 2 amide bonds. The van der Waals surface area contributed by atoms with Crippen molar-refractivity contribution in [3.05, 3.63) is 64.3 Å². The van der Waals surface area contributed by atoms with Gasteiger partial charge in [-0.1, -0.05) is 23.7 Å². The van der Waals surface area contributed by atoms with Gasteiger partial charge in [0.2, 0.25) is 0 Å². The van der Waals surface area contributed by atoms with Gasteiger partial charge in [-0.15, -0.1) is 0 Å². The number of likely N-dealkylation sites (N-methyl/N-ethyl adjacent to an activating group) is 2. The SMILES string of the molecule is COc1ccc([C@@]23CC[C@@H](N(C(=O)Nc4ccc(Cl)c(C(F)(F)F)c4)C4=CCN(C)CC4)C[C@@H]2N(C)CC3)cc1OC. The van der Waals surface area contributed by atoms with Gasteiger partial charge in [-0.05, 0) is 82.2 Å². The molecule has 2 aromatic carbocycles. The summed E-state index contributed by atoms with van der Waals surface area (Å²) in [6, 6.07) is 9.26. The molecule has 0 bridgehead atoms. The number of anilines is 1. The number of carbonyl (C=O) groups excluding carboxylic acids is 1. The number of carbonyl (C=O) groups is 1. The average Bonchev–Trinajstić information content (AvgIpc) is 3.31. The number of methoxy groups -OCH3 is 2. The number of halogens is 4. The van der Waals surface area contributed by atoms with Crippen molar-refractivity contribution in [1.29, 1.82) is 0 Å². The maximum Gasteiger partial charge on any atom is 0.417 e. The highest BCUT2D eigenvalue weighted by molar-refractivity contribution is 6.31. The van der Waals surface area contributed by atoms with E-state index >= 15 is 0 Å². The van der Waals surface area contributed by atoms with E-state index in [2.05, 4.69) is 40.4 Å². The van der Waals surface area contributed by atoms with Crippen LogP contribution < -0.4 is 14.8 Å². The number of amides is 2. The molecule has 1 aliphatic carbocycles. The summed E-state index contributed by atoms with van der Waals surface area (Å²) < 4.78 is 51.7. The minimum atomic E-state index is -4.63. The van der Waals surface area contributed by atoms with Crippen LogP contribution in [-0.2, 0) is 11.6 Å². The number of likely N-dealkylation sites (tertiary alicyclic amines) is 1. The van der Waals surface area contributed by atoms with Gasteiger partial charge in [-0.3, -0.25) is 4.90 Å². The third-order valence-corrected chi connectivity index (χ3v) is 9.59. The molecule has 2 aromatic rings. The van der Waals surface area contributed by atoms with Crippen LogP contribution in [0.2, 0.25) is 5.02 Å². The Morgan fingerprint density at radius 2 is 1.83 bits per heavy atom.